The molecule has 0 unspecified atom stereocenters. The molecule has 0 spiro atoms. The van der Waals surface area contributed by atoms with Gasteiger partial charge in [-0.15, -0.1) is 9.58 Å². The third-order valence-electron chi connectivity index (χ3n) is 3.09. The lowest BCUT2D eigenvalue weighted by Gasteiger charge is -2.01. The largest absolute Gasteiger partial charge is 0.402 e. The molecule has 0 amide bonds. The Labute approximate surface area is 146 Å². The van der Waals surface area contributed by atoms with Crippen molar-refractivity contribution in [3.63, 3.8) is 0 Å². The van der Waals surface area contributed by atoms with Gasteiger partial charge in [-0.05, 0) is 12.1 Å². The first kappa shape index (κ1) is 17.5. The van der Waals surface area contributed by atoms with Crippen molar-refractivity contribution < 1.29 is 19.3 Å². The van der Waals surface area contributed by atoms with Crippen molar-refractivity contribution >= 4 is 11.9 Å². The van der Waals surface area contributed by atoms with E-state index in [0.717, 1.165) is 6.92 Å². The van der Waals surface area contributed by atoms with E-state index in [0.29, 0.717) is 0 Å². The minimum atomic E-state index is -1.32. The monoisotopic (exact) mass is 378 g/mol. The third kappa shape index (κ3) is 3.13. The lowest BCUT2D eigenvalue weighted by atomic mass is 10.2. The summed E-state index contributed by atoms with van der Waals surface area (Å²) in [5, 5.41) is 3.77. The Balaban J connectivity index is 2.03. The van der Waals surface area contributed by atoms with Gasteiger partial charge in [0.25, 0.3) is 0 Å². The van der Waals surface area contributed by atoms with Crippen LogP contribution in [0.15, 0.2) is 49.5 Å². The Hall–Kier alpha value is -4.36. The van der Waals surface area contributed by atoms with Crippen molar-refractivity contribution in [2.45, 2.75) is 6.92 Å². The van der Waals surface area contributed by atoms with Gasteiger partial charge in [-0.2, -0.15) is 0 Å². The number of nitrogens with zero attached hydrogens (tertiary/aromatic N) is 4. The average Bonchev–Trinajstić information content (AvgIpc) is 3.06. The zero-order valence-corrected chi connectivity index (χ0v) is 13.4. The van der Waals surface area contributed by atoms with Gasteiger partial charge in [0.05, 0.1) is 5.56 Å². The highest BCUT2D eigenvalue weighted by Crippen LogP contribution is 1.98. The van der Waals surface area contributed by atoms with Gasteiger partial charge >= 0.3 is 34.7 Å². The summed E-state index contributed by atoms with van der Waals surface area (Å²) in [5.41, 5.74) is -4.97. The van der Waals surface area contributed by atoms with Crippen molar-refractivity contribution in [2.24, 2.45) is 0 Å². The number of carbonyl (C=O) groups excluding carboxylic acids is 2. The fraction of sp³-hybridized carbons (Fsp3) is 0.0769. The van der Waals surface area contributed by atoms with Crippen molar-refractivity contribution in [3.05, 3.63) is 77.8 Å². The van der Waals surface area contributed by atoms with E-state index in [4.69, 9.17) is 4.84 Å². The third-order valence-corrected chi connectivity index (χ3v) is 3.09. The molecule has 2 aromatic heterocycles. The lowest BCUT2D eigenvalue weighted by molar-refractivity contribution is -0.142. The second-order valence-corrected chi connectivity index (χ2v) is 4.94. The van der Waals surface area contributed by atoms with Crippen molar-refractivity contribution in [2.75, 3.05) is 0 Å². The van der Waals surface area contributed by atoms with Crippen LogP contribution in [0.1, 0.15) is 17.3 Å². The molecular weight excluding hydrogens is 368 g/mol. The second-order valence-electron chi connectivity index (χ2n) is 4.94. The number of benzene rings is 1. The second kappa shape index (κ2) is 6.51. The molecular formula is C13H10N6O8. The molecule has 0 aliphatic carbocycles. The molecule has 2 heterocycles. The first-order chi connectivity index (χ1) is 12.8. The summed E-state index contributed by atoms with van der Waals surface area (Å²) < 4.78 is 0.0731. The van der Waals surface area contributed by atoms with Gasteiger partial charge in [-0.1, -0.05) is 27.7 Å². The van der Waals surface area contributed by atoms with Crippen molar-refractivity contribution in [1.82, 2.24) is 29.2 Å². The van der Waals surface area contributed by atoms with Crippen LogP contribution in [0.25, 0.3) is 0 Å². The van der Waals surface area contributed by atoms with Gasteiger partial charge in [0.1, 0.15) is 0 Å². The Kier molecular flexibility index (Phi) is 4.21. The number of aromatic amines is 2. The molecule has 0 aliphatic rings. The van der Waals surface area contributed by atoms with Crippen LogP contribution in [0.2, 0.25) is 0 Å². The molecule has 0 aliphatic heterocycles. The maximum atomic E-state index is 12.3. The van der Waals surface area contributed by atoms with Crippen LogP contribution in [0, 0.1) is 0 Å². The topological polar surface area (TPSA) is 172 Å². The average molecular weight is 378 g/mol. The smallest absolute Gasteiger partial charge is 0.327 e. The number of nitrogens with one attached hydrogen (secondary N) is 2. The van der Waals surface area contributed by atoms with Crippen LogP contribution in [0.4, 0.5) is 0 Å². The van der Waals surface area contributed by atoms with Crippen LogP contribution in [0.3, 0.4) is 0 Å². The number of H-pyrrole nitrogens is 2. The van der Waals surface area contributed by atoms with Crippen LogP contribution in [-0.4, -0.2) is 41.2 Å². The van der Waals surface area contributed by atoms with Gasteiger partial charge in [0.15, 0.2) is 0 Å². The molecule has 140 valence electrons. The first-order valence-corrected chi connectivity index (χ1v) is 7.15. The minimum Gasteiger partial charge on any atom is -0.327 e. The molecule has 14 heteroatoms. The van der Waals surface area contributed by atoms with Gasteiger partial charge < -0.3 is 9.68 Å². The summed E-state index contributed by atoms with van der Waals surface area (Å²) in [7, 11) is 0. The van der Waals surface area contributed by atoms with E-state index in [9.17, 15) is 28.8 Å². The van der Waals surface area contributed by atoms with E-state index in [-0.39, 0.29) is 24.6 Å². The fourth-order valence-electron chi connectivity index (χ4n) is 1.98. The predicted molar refractivity (Wildman–Crippen MR) is 84.0 cm³/mol. The van der Waals surface area contributed by atoms with E-state index in [1.54, 1.807) is 6.07 Å². The molecule has 0 radical (unpaired) electrons. The van der Waals surface area contributed by atoms with Crippen molar-refractivity contribution in [3.8, 4) is 0 Å². The number of hydrogen-bond donors (Lipinski definition) is 2. The molecule has 1 aromatic carbocycles. The molecule has 27 heavy (non-hydrogen) atoms. The molecule has 0 atom stereocenters. The van der Waals surface area contributed by atoms with E-state index < -0.39 is 34.7 Å². The van der Waals surface area contributed by atoms with E-state index in [1.165, 1.54) is 24.3 Å². The number of rotatable bonds is 4. The highest BCUT2D eigenvalue weighted by molar-refractivity contribution is 5.89. The number of aromatic nitrogens is 6. The summed E-state index contributed by atoms with van der Waals surface area (Å²) in [6.45, 7) is 0.941. The Bertz CT molecular complexity index is 1250. The molecule has 14 nitrogen and oxygen atoms in total. The predicted octanol–water partition coefficient (Wildman–Crippen LogP) is -3.45. The quantitative estimate of drug-likeness (QED) is 0.471. The molecule has 0 saturated heterocycles. The fourth-order valence-corrected chi connectivity index (χ4v) is 1.98. The van der Waals surface area contributed by atoms with Crippen LogP contribution in [0.5, 0.6) is 0 Å². The molecule has 0 bridgehead atoms. The van der Waals surface area contributed by atoms with E-state index in [2.05, 4.69) is 4.84 Å². The van der Waals surface area contributed by atoms with Crippen LogP contribution in [-0.2, 0) is 4.79 Å². The molecule has 3 rings (SSSR count). The maximum Gasteiger partial charge on any atom is 0.402 e. The SMILES string of the molecule is CC(=O)On1c(=O)[nH]n(-n2[nH]c(=O)n(OC(=O)c3ccccc3)c2=O)c1=O. The highest BCUT2D eigenvalue weighted by atomic mass is 16.7. The number of hydrogen-bond acceptors (Lipinski definition) is 8. The number of carbonyl (C=O) groups is 2. The molecule has 0 fully saturated rings. The van der Waals surface area contributed by atoms with Gasteiger partial charge in [-0.25, -0.2) is 39.0 Å². The van der Waals surface area contributed by atoms with Gasteiger partial charge in [-0.3, -0.25) is 0 Å². The van der Waals surface area contributed by atoms with Gasteiger partial charge in [0, 0.05) is 6.92 Å². The minimum absolute atomic E-state index is 0.0282. The Morgan fingerprint density at radius 1 is 0.815 bits per heavy atom. The summed E-state index contributed by atoms with van der Waals surface area (Å²) >= 11 is 0. The maximum absolute atomic E-state index is 12.3. The standard InChI is InChI=1S/C13H10N6O8/c1-7(20)26-16-10(22)14-18(12(16)24)19-13(25)17(11(23)15-19)27-9(21)8-5-3-2-4-6-8/h2-6H,1H3,(H,14,22)(H,15,23). The Morgan fingerprint density at radius 2 is 1.30 bits per heavy atom. The summed E-state index contributed by atoms with van der Waals surface area (Å²) in [6, 6.07) is 7.50. The van der Waals surface area contributed by atoms with E-state index >= 15 is 0 Å². The van der Waals surface area contributed by atoms with Crippen LogP contribution >= 0.6 is 0 Å². The van der Waals surface area contributed by atoms with Crippen molar-refractivity contribution in [1.29, 1.82) is 0 Å². The molecule has 2 N–H and O–H groups in total. The summed E-state index contributed by atoms with van der Waals surface area (Å²) in [5.74, 6) is -1.99. The lowest BCUT2D eigenvalue weighted by Crippen LogP contribution is -2.42. The normalized spacial score (nSPS) is 10.6. The van der Waals surface area contributed by atoms with Gasteiger partial charge in [0.2, 0.25) is 0 Å². The Morgan fingerprint density at radius 3 is 1.78 bits per heavy atom. The molecule has 0 saturated carbocycles. The van der Waals surface area contributed by atoms with E-state index in [1.807, 2.05) is 10.2 Å². The van der Waals surface area contributed by atoms with Crippen LogP contribution < -0.4 is 32.4 Å². The zero-order valence-electron chi connectivity index (χ0n) is 13.4. The molecule has 3 aromatic rings. The first-order valence-electron chi connectivity index (χ1n) is 7.15. The zero-order chi connectivity index (χ0) is 19.7. The summed E-state index contributed by atoms with van der Waals surface area (Å²) in [6.07, 6.45) is 0. The summed E-state index contributed by atoms with van der Waals surface area (Å²) in [4.78, 5) is 80.4. The highest BCUT2D eigenvalue weighted by Gasteiger charge is 2.20.